The van der Waals surface area contributed by atoms with Gasteiger partial charge in [-0.3, -0.25) is 9.36 Å². The number of anilines is 1. The van der Waals surface area contributed by atoms with E-state index in [2.05, 4.69) is 62.2 Å². The normalized spacial score (nSPS) is 14.0. The summed E-state index contributed by atoms with van der Waals surface area (Å²) in [6, 6.07) is 11.5. The third kappa shape index (κ3) is 6.41. The zero-order chi connectivity index (χ0) is 25.7. The Labute approximate surface area is 214 Å². The summed E-state index contributed by atoms with van der Waals surface area (Å²) in [6.07, 6.45) is 7.06. The second-order valence-electron chi connectivity index (χ2n) is 10.1. The van der Waals surface area contributed by atoms with Gasteiger partial charge in [0, 0.05) is 13.1 Å². The summed E-state index contributed by atoms with van der Waals surface area (Å²) in [6.45, 7) is 12.9. The van der Waals surface area contributed by atoms with Crippen LogP contribution in [-0.2, 0) is 6.54 Å². The number of hydrogen-bond donors (Lipinski definition) is 1. The zero-order valence-electron chi connectivity index (χ0n) is 22.1. The van der Waals surface area contributed by atoms with E-state index in [1.54, 1.807) is 10.6 Å². The van der Waals surface area contributed by atoms with Crippen LogP contribution in [0.25, 0.3) is 23.1 Å². The molecule has 192 valence electrons. The van der Waals surface area contributed by atoms with Crippen LogP contribution in [0.5, 0.6) is 0 Å². The number of fused-ring (bicyclic) bond motifs is 1. The summed E-state index contributed by atoms with van der Waals surface area (Å²) in [5.41, 5.74) is 3.10. The Hall–Kier alpha value is -2.99. The summed E-state index contributed by atoms with van der Waals surface area (Å²) in [4.78, 5) is 20.6. The fraction of sp³-hybridized carbons (Fsp3) is 0.467. The van der Waals surface area contributed by atoms with E-state index in [0.717, 1.165) is 44.5 Å². The summed E-state index contributed by atoms with van der Waals surface area (Å²) in [5.74, 6) is 1.19. The predicted molar refractivity (Wildman–Crippen MR) is 149 cm³/mol. The van der Waals surface area contributed by atoms with Gasteiger partial charge >= 0.3 is 0 Å². The first-order valence-corrected chi connectivity index (χ1v) is 13.4. The molecule has 0 bridgehead atoms. The molecular weight excluding hydrogens is 451 g/mol. The third-order valence-corrected chi connectivity index (χ3v) is 7.10. The van der Waals surface area contributed by atoms with Crippen molar-refractivity contribution in [3.05, 3.63) is 69.5 Å². The van der Waals surface area contributed by atoms with Crippen molar-refractivity contribution < 1.29 is 4.39 Å². The van der Waals surface area contributed by atoms with Crippen LogP contribution in [-0.4, -0.2) is 40.6 Å². The number of nitrogens with zero attached hydrogens (tertiary/aromatic N) is 3. The van der Waals surface area contributed by atoms with Gasteiger partial charge in [-0.15, -0.1) is 0 Å². The highest BCUT2D eigenvalue weighted by Crippen LogP contribution is 2.31. The minimum absolute atomic E-state index is 0.173. The first-order chi connectivity index (χ1) is 17.4. The van der Waals surface area contributed by atoms with Crippen molar-refractivity contribution in [1.82, 2.24) is 14.5 Å². The van der Waals surface area contributed by atoms with E-state index in [9.17, 15) is 9.18 Å². The Morgan fingerprint density at radius 2 is 1.86 bits per heavy atom. The SMILES string of the molecule is CCN(CC)CCCNc1cc2nc(/C=C/c3ccc(C(C)C)cc3)n(CC3CC3)c(=O)c2cc1F. The third-order valence-electron chi connectivity index (χ3n) is 7.10. The standard InChI is InChI=1S/C30H39FN4O/c1-5-34(6-2)17-7-16-32-28-19-27-25(18-26(28)31)30(36)35(20-23-8-9-23)29(33-27)15-12-22-10-13-24(14-11-22)21(3)4/h10-15,18-19,21,23,32H,5-9,16-17,20H2,1-4H3/b15-12+. The molecule has 1 N–H and O–H groups in total. The minimum Gasteiger partial charge on any atom is -0.383 e. The molecule has 3 aromatic rings. The lowest BCUT2D eigenvalue weighted by atomic mass is 10.0. The summed E-state index contributed by atoms with van der Waals surface area (Å²) in [5, 5.41) is 3.54. The molecule has 1 aromatic heterocycles. The molecule has 0 unspecified atom stereocenters. The average Bonchev–Trinajstić information content (AvgIpc) is 3.70. The Morgan fingerprint density at radius 3 is 2.50 bits per heavy atom. The molecule has 0 saturated heterocycles. The lowest BCUT2D eigenvalue weighted by molar-refractivity contribution is 0.303. The molecule has 0 atom stereocenters. The summed E-state index contributed by atoms with van der Waals surface area (Å²) >= 11 is 0. The van der Waals surface area contributed by atoms with Crippen LogP contribution in [0.1, 0.15) is 69.8 Å². The van der Waals surface area contributed by atoms with Gasteiger partial charge in [0.25, 0.3) is 5.56 Å². The van der Waals surface area contributed by atoms with Gasteiger partial charge in [0.1, 0.15) is 11.6 Å². The number of aromatic nitrogens is 2. The van der Waals surface area contributed by atoms with Gasteiger partial charge in [-0.25, -0.2) is 9.37 Å². The van der Waals surface area contributed by atoms with Crippen molar-refractivity contribution in [2.45, 2.75) is 59.4 Å². The Balaban J connectivity index is 1.61. The van der Waals surface area contributed by atoms with Gasteiger partial charge in [-0.1, -0.05) is 58.0 Å². The molecule has 1 aliphatic rings. The lowest BCUT2D eigenvalue weighted by Crippen LogP contribution is -2.26. The van der Waals surface area contributed by atoms with E-state index in [4.69, 9.17) is 4.98 Å². The molecule has 0 amide bonds. The van der Waals surface area contributed by atoms with E-state index >= 15 is 0 Å². The molecule has 1 heterocycles. The Morgan fingerprint density at radius 1 is 1.14 bits per heavy atom. The van der Waals surface area contributed by atoms with Crippen molar-refractivity contribution in [3.8, 4) is 0 Å². The van der Waals surface area contributed by atoms with Crippen LogP contribution in [0.15, 0.2) is 41.2 Å². The maximum absolute atomic E-state index is 14.9. The molecule has 6 heteroatoms. The Kier molecular flexibility index (Phi) is 8.57. The summed E-state index contributed by atoms with van der Waals surface area (Å²) in [7, 11) is 0. The first kappa shape index (κ1) is 26.1. The van der Waals surface area contributed by atoms with Gasteiger partial charge in [0.2, 0.25) is 0 Å². The number of rotatable bonds is 12. The quantitative estimate of drug-likeness (QED) is 0.299. The highest BCUT2D eigenvalue weighted by atomic mass is 19.1. The number of hydrogen-bond acceptors (Lipinski definition) is 4. The second-order valence-corrected chi connectivity index (χ2v) is 10.1. The molecule has 2 aromatic carbocycles. The second kappa shape index (κ2) is 11.8. The molecule has 0 radical (unpaired) electrons. The van der Waals surface area contributed by atoms with E-state index in [0.29, 0.717) is 47.3 Å². The molecule has 0 spiro atoms. The number of nitrogens with one attached hydrogen (secondary N) is 1. The van der Waals surface area contributed by atoms with Gasteiger partial charge in [0.05, 0.1) is 16.6 Å². The molecule has 0 aliphatic heterocycles. The van der Waals surface area contributed by atoms with E-state index in [1.165, 1.54) is 11.6 Å². The van der Waals surface area contributed by atoms with Crippen LogP contribution < -0.4 is 10.9 Å². The fourth-order valence-electron chi connectivity index (χ4n) is 4.48. The van der Waals surface area contributed by atoms with Crippen LogP contribution in [0.4, 0.5) is 10.1 Å². The molecule has 1 aliphatic carbocycles. The van der Waals surface area contributed by atoms with Gasteiger partial charge in [0.15, 0.2) is 0 Å². The summed E-state index contributed by atoms with van der Waals surface area (Å²) < 4.78 is 16.6. The minimum atomic E-state index is -0.407. The van der Waals surface area contributed by atoms with Crippen molar-refractivity contribution >= 4 is 28.7 Å². The van der Waals surface area contributed by atoms with Crippen molar-refractivity contribution in [3.63, 3.8) is 0 Å². The zero-order valence-corrected chi connectivity index (χ0v) is 22.1. The molecule has 36 heavy (non-hydrogen) atoms. The highest BCUT2D eigenvalue weighted by Gasteiger charge is 2.24. The van der Waals surface area contributed by atoms with Gasteiger partial charge in [-0.05, 0) is 80.1 Å². The maximum Gasteiger partial charge on any atom is 0.261 e. The van der Waals surface area contributed by atoms with Crippen LogP contribution >= 0.6 is 0 Å². The molecule has 4 rings (SSSR count). The van der Waals surface area contributed by atoms with Crippen LogP contribution in [0, 0.1) is 11.7 Å². The fourth-order valence-corrected chi connectivity index (χ4v) is 4.48. The molecular formula is C30H39FN4O. The Bertz CT molecular complexity index is 1250. The number of halogens is 1. The smallest absolute Gasteiger partial charge is 0.261 e. The van der Waals surface area contributed by atoms with Crippen molar-refractivity contribution in [2.75, 3.05) is 31.5 Å². The first-order valence-electron chi connectivity index (χ1n) is 13.4. The molecule has 1 fully saturated rings. The van der Waals surface area contributed by atoms with E-state index in [1.807, 2.05) is 12.2 Å². The van der Waals surface area contributed by atoms with E-state index < -0.39 is 5.82 Å². The van der Waals surface area contributed by atoms with Gasteiger partial charge in [-0.2, -0.15) is 0 Å². The molecule has 1 saturated carbocycles. The van der Waals surface area contributed by atoms with Crippen molar-refractivity contribution in [1.29, 1.82) is 0 Å². The predicted octanol–water partition coefficient (Wildman–Crippen LogP) is 6.38. The highest BCUT2D eigenvalue weighted by molar-refractivity contribution is 5.83. The average molecular weight is 491 g/mol. The van der Waals surface area contributed by atoms with Crippen molar-refractivity contribution in [2.24, 2.45) is 5.92 Å². The largest absolute Gasteiger partial charge is 0.383 e. The molecule has 5 nitrogen and oxygen atoms in total. The lowest BCUT2D eigenvalue weighted by Gasteiger charge is -2.18. The monoisotopic (exact) mass is 490 g/mol. The topological polar surface area (TPSA) is 50.2 Å². The van der Waals surface area contributed by atoms with Crippen LogP contribution in [0.3, 0.4) is 0 Å². The van der Waals surface area contributed by atoms with Gasteiger partial charge < -0.3 is 10.2 Å². The van der Waals surface area contributed by atoms with Crippen LogP contribution in [0.2, 0.25) is 0 Å². The maximum atomic E-state index is 14.9. The number of benzene rings is 2. The van der Waals surface area contributed by atoms with E-state index in [-0.39, 0.29) is 5.56 Å².